The third kappa shape index (κ3) is 4.81. The van der Waals surface area contributed by atoms with Gasteiger partial charge >= 0.3 is 0 Å². The lowest BCUT2D eigenvalue weighted by Crippen LogP contribution is -2.43. The number of nitrogens with one attached hydrogen (secondary N) is 1. The second-order valence-electron chi connectivity index (χ2n) is 9.57. The molecule has 2 fully saturated rings. The average molecular weight is 547 g/mol. The number of carbonyl (C=O) groups excluding carboxylic acids is 1. The molecule has 1 atom stereocenters. The number of pyridine rings is 1. The average Bonchev–Trinajstić information content (AvgIpc) is 3.56. The molecule has 13 heteroatoms. The Hall–Kier alpha value is -3.06. The van der Waals surface area contributed by atoms with E-state index >= 15 is 0 Å². The first-order chi connectivity index (χ1) is 17.6. The van der Waals surface area contributed by atoms with E-state index in [1.54, 1.807) is 24.3 Å². The van der Waals surface area contributed by atoms with Crippen molar-refractivity contribution in [2.45, 2.75) is 36.6 Å². The number of benzene rings is 1. The third-order valence-corrected chi connectivity index (χ3v) is 9.84. The fourth-order valence-electron chi connectivity index (χ4n) is 4.52. The zero-order valence-corrected chi connectivity index (χ0v) is 21.8. The highest BCUT2D eigenvalue weighted by molar-refractivity contribution is 7.90. The Kier molecular flexibility index (Phi) is 6.69. The highest BCUT2D eigenvalue weighted by atomic mass is 35.5. The number of rotatable bonds is 8. The summed E-state index contributed by atoms with van der Waals surface area (Å²) in [6.07, 6.45) is 2.99. The summed E-state index contributed by atoms with van der Waals surface area (Å²) in [7, 11) is -2.10. The maximum atomic E-state index is 13.2. The summed E-state index contributed by atoms with van der Waals surface area (Å²) in [4.78, 5) is 25.9. The lowest BCUT2D eigenvalue weighted by atomic mass is 10.1. The van der Waals surface area contributed by atoms with Crippen molar-refractivity contribution in [3.8, 4) is 5.88 Å². The monoisotopic (exact) mass is 546 g/mol. The van der Waals surface area contributed by atoms with E-state index in [0.29, 0.717) is 48.3 Å². The number of amides is 1. The summed E-state index contributed by atoms with van der Waals surface area (Å²) >= 11 is 5.90. The molecule has 5 rings (SSSR count). The molecule has 3 aromatic rings. The van der Waals surface area contributed by atoms with Crippen molar-refractivity contribution in [1.82, 2.24) is 24.4 Å². The first-order valence-corrected chi connectivity index (χ1v) is 13.7. The molecule has 1 aliphatic carbocycles. The second-order valence-corrected chi connectivity index (χ2v) is 12.3. The van der Waals surface area contributed by atoms with Crippen molar-refractivity contribution in [3.63, 3.8) is 0 Å². The van der Waals surface area contributed by atoms with Crippen LogP contribution in [0.2, 0.25) is 5.02 Å². The molecule has 0 radical (unpaired) electrons. The van der Waals surface area contributed by atoms with Crippen molar-refractivity contribution in [2.24, 2.45) is 12.8 Å². The van der Waals surface area contributed by atoms with E-state index in [-0.39, 0.29) is 30.6 Å². The van der Waals surface area contributed by atoms with Crippen molar-refractivity contribution in [1.29, 1.82) is 0 Å². The smallest absolute Gasteiger partial charge is 0.263 e. The van der Waals surface area contributed by atoms with Crippen molar-refractivity contribution in [2.75, 3.05) is 19.7 Å². The first-order valence-electron chi connectivity index (χ1n) is 11.9. The number of hydrogen-bond acceptors (Lipinski definition) is 8. The summed E-state index contributed by atoms with van der Waals surface area (Å²) in [5.74, 6) is -0.506. The van der Waals surface area contributed by atoms with Crippen LogP contribution < -0.4 is 21.3 Å². The van der Waals surface area contributed by atoms with Crippen molar-refractivity contribution in [3.05, 3.63) is 63.0 Å². The molecule has 3 N–H and O–H groups in total. The number of ether oxygens (including phenoxy) is 1. The Labute approximate surface area is 218 Å². The number of nitrogens with two attached hydrogens (primary N) is 1. The van der Waals surface area contributed by atoms with Gasteiger partial charge in [-0.2, -0.15) is 9.40 Å². The number of aromatic nitrogens is 3. The number of carbonyl (C=O) groups is 1. The van der Waals surface area contributed by atoms with Crippen molar-refractivity contribution < 1.29 is 17.9 Å². The van der Waals surface area contributed by atoms with E-state index in [1.165, 1.54) is 28.2 Å². The van der Waals surface area contributed by atoms with Gasteiger partial charge in [0.1, 0.15) is 22.4 Å². The zero-order chi connectivity index (χ0) is 26.4. The van der Waals surface area contributed by atoms with Crippen LogP contribution in [-0.4, -0.2) is 63.9 Å². The van der Waals surface area contributed by atoms with Gasteiger partial charge < -0.3 is 20.4 Å². The highest BCUT2D eigenvalue weighted by Crippen LogP contribution is 2.46. The standard InChI is InChI=1S/C24H27ClN6O5S/c1-30-20-16(10-19(23(30)33)21(32)27-11-15-2-4-17(25)5-3-15)12-28-29-22(20)36-14-24(7-8-24)37(34,35)31-9-6-18(26)13-31/h2-5,10,12,18H,6-9,11,13-14,26H2,1H3,(H,27,32)/t18-/m0/s1. The van der Waals surface area contributed by atoms with Gasteiger partial charge in [-0.25, -0.2) is 8.42 Å². The minimum absolute atomic E-state index is 0.0322. The van der Waals surface area contributed by atoms with Crippen LogP contribution in [0.25, 0.3) is 10.9 Å². The van der Waals surface area contributed by atoms with Gasteiger partial charge in [0.25, 0.3) is 17.3 Å². The van der Waals surface area contributed by atoms with Gasteiger partial charge in [0.15, 0.2) is 0 Å². The van der Waals surface area contributed by atoms with Crippen molar-refractivity contribution >= 4 is 38.4 Å². The second kappa shape index (κ2) is 9.67. The predicted octanol–water partition coefficient (Wildman–Crippen LogP) is 1.19. The van der Waals surface area contributed by atoms with E-state index < -0.39 is 26.2 Å². The van der Waals surface area contributed by atoms with E-state index in [1.807, 2.05) is 0 Å². The van der Waals surface area contributed by atoms with E-state index in [0.717, 1.165) is 5.56 Å². The molecule has 1 aromatic carbocycles. The van der Waals surface area contributed by atoms with Gasteiger partial charge in [-0.1, -0.05) is 23.7 Å². The van der Waals surface area contributed by atoms with Crippen LogP contribution >= 0.6 is 11.6 Å². The lowest BCUT2D eigenvalue weighted by molar-refractivity contribution is 0.0949. The van der Waals surface area contributed by atoms with Gasteiger partial charge in [-0.15, -0.1) is 5.10 Å². The number of hydrogen-bond donors (Lipinski definition) is 2. The van der Waals surface area contributed by atoms with Gasteiger partial charge in [-0.05, 0) is 43.0 Å². The van der Waals surface area contributed by atoms with Crippen LogP contribution in [-0.2, 0) is 23.6 Å². The summed E-state index contributed by atoms with van der Waals surface area (Å²) in [6, 6.07) is 8.27. The topological polar surface area (TPSA) is 150 Å². The molecule has 1 saturated heterocycles. The largest absolute Gasteiger partial charge is 0.473 e. The Morgan fingerprint density at radius 2 is 2.03 bits per heavy atom. The molecule has 0 unspecified atom stereocenters. The molecule has 1 aliphatic heterocycles. The number of sulfonamides is 1. The fraction of sp³-hybridized carbons (Fsp3) is 0.417. The summed E-state index contributed by atoms with van der Waals surface area (Å²) in [5.41, 5.74) is 6.46. The molecule has 0 spiro atoms. The molecule has 0 bridgehead atoms. The van der Waals surface area contributed by atoms with Crippen LogP contribution in [0, 0.1) is 0 Å². The molecule has 1 amide bonds. The number of nitrogens with zero attached hydrogens (tertiary/aromatic N) is 4. The summed E-state index contributed by atoms with van der Waals surface area (Å²) in [5, 5.41) is 11.7. The Morgan fingerprint density at radius 3 is 2.68 bits per heavy atom. The predicted molar refractivity (Wildman–Crippen MR) is 138 cm³/mol. The fourth-order valence-corrected chi connectivity index (χ4v) is 6.75. The van der Waals surface area contributed by atoms with E-state index in [9.17, 15) is 18.0 Å². The van der Waals surface area contributed by atoms with E-state index in [4.69, 9.17) is 22.1 Å². The van der Waals surface area contributed by atoms with Crippen LogP contribution in [0.4, 0.5) is 0 Å². The summed E-state index contributed by atoms with van der Waals surface area (Å²) < 4.78 is 34.0. The van der Waals surface area contributed by atoms with E-state index in [2.05, 4.69) is 15.5 Å². The third-order valence-electron chi connectivity index (χ3n) is 6.96. The number of fused-ring (bicyclic) bond motifs is 1. The SMILES string of the molecule is Cn1c(=O)c(C(=O)NCc2ccc(Cl)cc2)cc2cnnc(OCC3(S(=O)(=O)N4CC[C@H](N)C4)CC3)c21. The quantitative estimate of drug-likeness (QED) is 0.428. The van der Waals surface area contributed by atoms with Crippen LogP contribution in [0.15, 0.2) is 41.3 Å². The van der Waals surface area contributed by atoms with Gasteiger partial charge in [-0.3, -0.25) is 9.59 Å². The molecular formula is C24H27ClN6O5S. The van der Waals surface area contributed by atoms with Crippen LogP contribution in [0.5, 0.6) is 5.88 Å². The Morgan fingerprint density at radius 1 is 1.30 bits per heavy atom. The molecule has 3 heterocycles. The van der Waals surface area contributed by atoms with Gasteiger partial charge in [0.05, 0.1) is 6.20 Å². The number of halogens is 1. The molecule has 2 aromatic heterocycles. The number of aryl methyl sites for hydroxylation is 1. The molecular weight excluding hydrogens is 520 g/mol. The van der Waals surface area contributed by atoms with Crippen LogP contribution in [0.3, 0.4) is 0 Å². The van der Waals surface area contributed by atoms with Gasteiger partial charge in [0, 0.05) is 43.1 Å². The lowest BCUT2D eigenvalue weighted by Gasteiger charge is -2.24. The minimum Gasteiger partial charge on any atom is -0.473 e. The molecule has 196 valence electrons. The highest BCUT2D eigenvalue weighted by Gasteiger charge is 2.58. The Balaban J connectivity index is 1.36. The maximum absolute atomic E-state index is 13.2. The molecule has 2 aliphatic rings. The van der Waals surface area contributed by atoms with Gasteiger partial charge in [0.2, 0.25) is 10.0 Å². The first kappa shape index (κ1) is 25.6. The molecule has 37 heavy (non-hydrogen) atoms. The molecule has 1 saturated carbocycles. The maximum Gasteiger partial charge on any atom is 0.263 e. The summed E-state index contributed by atoms with van der Waals surface area (Å²) in [6.45, 7) is 0.803. The zero-order valence-electron chi connectivity index (χ0n) is 20.2. The Bertz CT molecular complexity index is 1520. The molecule has 11 nitrogen and oxygen atoms in total. The van der Waals surface area contributed by atoms with Crippen LogP contribution in [0.1, 0.15) is 35.2 Å². The normalized spacial score (nSPS) is 19.2. The minimum atomic E-state index is -3.60.